The third kappa shape index (κ3) is 4.66. The van der Waals surface area contributed by atoms with E-state index in [2.05, 4.69) is 19.9 Å². The molecule has 0 saturated carbocycles. The SMILES string of the molecule is Cc1ncc(-c2ccc3c(c2)C(Cc2cncc(C(=O)NCC(F)(F)F)n2)C(=O)C3(C)C)cn1. The molecule has 0 fully saturated rings. The lowest BCUT2D eigenvalue weighted by Crippen LogP contribution is -2.34. The molecule has 10 heteroatoms. The van der Waals surface area contributed by atoms with Crippen molar-refractivity contribution in [3.63, 3.8) is 0 Å². The Kier molecular flexibility index (Phi) is 5.93. The van der Waals surface area contributed by atoms with E-state index in [1.54, 1.807) is 24.6 Å². The molecular formula is C24H22F3N5O2. The third-order valence-electron chi connectivity index (χ3n) is 5.93. The summed E-state index contributed by atoms with van der Waals surface area (Å²) in [6, 6.07) is 5.79. The number of carbonyl (C=O) groups excluding carboxylic acids is 2. The number of nitrogens with one attached hydrogen (secondary N) is 1. The fraction of sp³-hybridized carbons (Fsp3) is 0.333. The van der Waals surface area contributed by atoms with Crippen molar-refractivity contribution in [1.82, 2.24) is 25.3 Å². The van der Waals surface area contributed by atoms with E-state index in [1.165, 1.54) is 6.20 Å². The summed E-state index contributed by atoms with van der Waals surface area (Å²) in [7, 11) is 0. The zero-order valence-corrected chi connectivity index (χ0v) is 18.8. The van der Waals surface area contributed by atoms with Crippen molar-refractivity contribution in [2.24, 2.45) is 0 Å². The molecule has 2 aromatic heterocycles. The van der Waals surface area contributed by atoms with Crippen molar-refractivity contribution in [3.8, 4) is 11.1 Å². The Morgan fingerprint density at radius 2 is 1.79 bits per heavy atom. The van der Waals surface area contributed by atoms with E-state index in [0.717, 1.165) is 28.5 Å². The molecule has 7 nitrogen and oxygen atoms in total. The number of ketones is 1. The van der Waals surface area contributed by atoms with Gasteiger partial charge in [0.2, 0.25) is 0 Å². The van der Waals surface area contributed by atoms with E-state index in [0.29, 0.717) is 11.5 Å². The lowest BCUT2D eigenvalue weighted by Gasteiger charge is -2.18. The predicted molar refractivity (Wildman–Crippen MR) is 117 cm³/mol. The molecule has 0 radical (unpaired) electrons. The Bertz CT molecular complexity index is 1260. The molecule has 0 aliphatic heterocycles. The maximum atomic E-state index is 13.3. The number of aryl methyl sites for hydroxylation is 1. The second-order valence-electron chi connectivity index (χ2n) is 8.76. The molecule has 1 aromatic carbocycles. The summed E-state index contributed by atoms with van der Waals surface area (Å²) in [5.74, 6) is -0.878. The summed E-state index contributed by atoms with van der Waals surface area (Å²) in [4.78, 5) is 42.0. The molecule has 1 atom stereocenters. The standard InChI is InChI=1S/C24H22F3N5O2/c1-13-29-8-15(9-30-13)14-4-5-19-17(6-14)18(21(33)23(19,2)3)7-16-10-28-11-20(32-16)22(34)31-12-24(25,26)27/h4-6,8-11,18H,7,12H2,1-3H3,(H,31,34). The van der Waals surface area contributed by atoms with Gasteiger partial charge in [-0.15, -0.1) is 0 Å². The monoisotopic (exact) mass is 469 g/mol. The topological polar surface area (TPSA) is 97.7 Å². The molecule has 3 aromatic rings. The Balaban J connectivity index is 1.63. The summed E-state index contributed by atoms with van der Waals surface area (Å²) in [5, 5.41) is 1.78. The van der Waals surface area contributed by atoms with Crippen LogP contribution in [0.5, 0.6) is 0 Å². The number of carbonyl (C=O) groups is 2. The summed E-state index contributed by atoms with van der Waals surface area (Å²) in [6.07, 6.45) is 1.57. The molecule has 0 bridgehead atoms. The molecule has 34 heavy (non-hydrogen) atoms. The van der Waals surface area contributed by atoms with Gasteiger partial charge in [-0.2, -0.15) is 13.2 Å². The Labute approximate surface area is 193 Å². The molecule has 1 N–H and O–H groups in total. The van der Waals surface area contributed by atoms with Gasteiger partial charge in [0.05, 0.1) is 11.9 Å². The van der Waals surface area contributed by atoms with E-state index in [9.17, 15) is 22.8 Å². The highest BCUT2D eigenvalue weighted by atomic mass is 19.4. The average molecular weight is 469 g/mol. The van der Waals surface area contributed by atoms with Gasteiger partial charge in [-0.25, -0.2) is 15.0 Å². The van der Waals surface area contributed by atoms with Crippen LogP contribution in [0.25, 0.3) is 11.1 Å². The molecule has 4 rings (SSSR count). The molecule has 1 aliphatic rings. The largest absolute Gasteiger partial charge is 0.405 e. The number of nitrogens with zero attached hydrogens (tertiary/aromatic N) is 4. The van der Waals surface area contributed by atoms with Crippen LogP contribution in [0, 0.1) is 6.92 Å². The minimum atomic E-state index is -4.54. The molecule has 1 unspecified atom stereocenters. The van der Waals surface area contributed by atoms with E-state index in [1.807, 2.05) is 32.0 Å². The first kappa shape index (κ1) is 23.5. The number of rotatable bonds is 5. The van der Waals surface area contributed by atoms with Crippen molar-refractivity contribution in [2.75, 3.05) is 6.54 Å². The van der Waals surface area contributed by atoms with E-state index in [-0.39, 0.29) is 17.9 Å². The summed E-state index contributed by atoms with van der Waals surface area (Å²) in [5.41, 5.74) is 2.78. The second-order valence-corrected chi connectivity index (χ2v) is 8.76. The molecule has 0 saturated heterocycles. The van der Waals surface area contributed by atoms with E-state index < -0.39 is 30.0 Å². The van der Waals surface area contributed by atoms with E-state index >= 15 is 0 Å². The zero-order valence-electron chi connectivity index (χ0n) is 18.8. The van der Waals surface area contributed by atoms with Gasteiger partial charge < -0.3 is 5.32 Å². The number of amides is 1. The summed E-state index contributed by atoms with van der Waals surface area (Å²) < 4.78 is 37.3. The summed E-state index contributed by atoms with van der Waals surface area (Å²) in [6.45, 7) is 4.04. The van der Waals surface area contributed by atoms with Gasteiger partial charge >= 0.3 is 6.18 Å². The lowest BCUT2D eigenvalue weighted by molar-refractivity contribution is -0.124. The van der Waals surface area contributed by atoms with Crippen LogP contribution in [-0.4, -0.2) is 44.3 Å². The van der Waals surface area contributed by atoms with Crippen LogP contribution in [0.1, 0.15) is 52.9 Å². The zero-order chi connectivity index (χ0) is 24.7. The van der Waals surface area contributed by atoms with Crippen molar-refractivity contribution in [2.45, 2.75) is 44.7 Å². The van der Waals surface area contributed by atoms with Crippen molar-refractivity contribution < 1.29 is 22.8 Å². The smallest absolute Gasteiger partial charge is 0.342 e. The third-order valence-corrected chi connectivity index (χ3v) is 5.93. The number of Topliss-reactive ketones (excluding diaryl/α,β-unsaturated/α-hetero) is 1. The maximum absolute atomic E-state index is 13.3. The average Bonchev–Trinajstić information content (AvgIpc) is 2.98. The number of aromatic nitrogens is 4. The van der Waals surface area contributed by atoms with Crippen molar-refractivity contribution in [3.05, 3.63) is 71.3 Å². The minimum absolute atomic E-state index is 0.00599. The number of halogens is 3. The fourth-order valence-corrected chi connectivity index (χ4v) is 4.15. The van der Waals surface area contributed by atoms with Crippen LogP contribution in [0.3, 0.4) is 0 Å². The van der Waals surface area contributed by atoms with Crippen LogP contribution in [-0.2, 0) is 16.6 Å². The lowest BCUT2D eigenvalue weighted by atomic mass is 9.84. The number of hydrogen-bond acceptors (Lipinski definition) is 6. The number of alkyl halides is 3. The van der Waals surface area contributed by atoms with Gasteiger partial charge in [-0.3, -0.25) is 14.6 Å². The van der Waals surface area contributed by atoms with Crippen LogP contribution in [0.2, 0.25) is 0 Å². The normalized spacial score (nSPS) is 16.9. The number of fused-ring (bicyclic) bond motifs is 1. The molecule has 1 aliphatic carbocycles. The molecule has 2 heterocycles. The first-order valence-electron chi connectivity index (χ1n) is 10.6. The van der Waals surface area contributed by atoms with Gasteiger partial charge in [0.15, 0.2) is 5.78 Å². The Hall–Kier alpha value is -3.69. The van der Waals surface area contributed by atoms with Gasteiger partial charge in [-0.1, -0.05) is 12.1 Å². The quantitative estimate of drug-likeness (QED) is 0.612. The maximum Gasteiger partial charge on any atom is 0.405 e. The van der Waals surface area contributed by atoms with E-state index in [4.69, 9.17) is 0 Å². The van der Waals surface area contributed by atoms with Crippen LogP contribution >= 0.6 is 0 Å². The van der Waals surface area contributed by atoms with Crippen molar-refractivity contribution in [1.29, 1.82) is 0 Å². The molecule has 1 amide bonds. The van der Waals surface area contributed by atoms with Gasteiger partial charge in [-0.05, 0) is 43.5 Å². The molecular weight excluding hydrogens is 447 g/mol. The number of hydrogen-bond donors (Lipinski definition) is 1. The van der Waals surface area contributed by atoms with Gasteiger partial charge in [0.25, 0.3) is 5.91 Å². The van der Waals surface area contributed by atoms with Crippen molar-refractivity contribution >= 4 is 11.7 Å². The predicted octanol–water partition coefficient (Wildman–Crippen LogP) is 3.72. The Morgan fingerprint density at radius 3 is 2.47 bits per heavy atom. The highest BCUT2D eigenvalue weighted by Gasteiger charge is 2.45. The van der Waals surface area contributed by atoms with Gasteiger partial charge in [0.1, 0.15) is 18.1 Å². The van der Waals surface area contributed by atoms with Gasteiger partial charge in [0, 0.05) is 41.9 Å². The molecule has 176 valence electrons. The first-order valence-corrected chi connectivity index (χ1v) is 10.6. The fourth-order valence-electron chi connectivity index (χ4n) is 4.15. The van der Waals surface area contributed by atoms with Crippen LogP contribution in [0.15, 0.2) is 43.0 Å². The highest BCUT2D eigenvalue weighted by Crippen LogP contribution is 2.45. The minimum Gasteiger partial charge on any atom is -0.342 e. The first-order chi connectivity index (χ1) is 16.0. The summed E-state index contributed by atoms with van der Waals surface area (Å²) >= 11 is 0. The highest BCUT2D eigenvalue weighted by molar-refractivity contribution is 6.00. The van der Waals surface area contributed by atoms with Crippen LogP contribution in [0.4, 0.5) is 13.2 Å². The van der Waals surface area contributed by atoms with Crippen LogP contribution < -0.4 is 5.32 Å². The second kappa shape index (κ2) is 8.58. The Morgan fingerprint density at radius 1 is 1.09 bits per heavy atom. The molecule has 0 spiro atoms. The number of benzene rings is 1.